The lowest BCUT2D eigenvalue weighted by molar-refractivity contribution is 0.191. The van der Waals surface area contributed by atoms with Gasteiger partial charge in [0.1, 0.15) is 0 Å². The van der Waals surface area contributed by atoms with Crippen LogP contribution >= 0.6 is 0 Å². The number of hydrogen-bond donors (Lipinski definition) is 1. The standard InChI is InChI=1S/C16H33N/c1-5-13(6-2)12-16(17-4)15-10-8-9-14(7-3)11-15/h13-17H,5-12H2,1-4H3. The van der Waals surface area contributed by atoms with Crippen LogP contribution in [0.5, 0.6) is 0 Å². The van der Waals surface area contributed by atoms with Crippen molar-refractivity contribution in [3.63, 3.8) is 0 Å². The topological polar surface area (TPSA) is 12.0 Å². The summed E-state index contributed by atoms with van der Waals surface area (Å²) < 4.78 is 0. The zero-order chi connectivity index (χ0) is 12.7. The second kappa shape index (κ2) is 8.13. The van der Waals surface area contributed by atoms with Crippen molar-refractivity contribution in [3.05, 3.63) is 0 Å². The highest BCUT2D eigenvalue weighted by atomic mass is 14.9. The average Bonchev–Trinajstić information content (AvgIpc) is 2.40. The molecule has 102 valence electrons. The second-order valence-corrected chi connectivity index (χ2v) is 6.01. The van der Waals surface area contributed by atoms with Gasteiger partial charge in [-0.25, -0.2) is 0 Å². The molecule has 17 heavy (non-hydrogen) atoms. The second-order valence-electron chi connectivity index (χ2n) is 6.01. The van der Waals surface area contributed by atoms with Gasteiger partial charge in [-0.2, -0.15) is 0 Å². The Morgan fingerprint density at radius 1 is 1.12 bits per heavy atom. The Morgan fingerprint density at radius 3 is 2.35 bits per heavy atom. The summed E-state index contributed by atoms with van der Waals surface area (Å²) in [5.74, 6) is 2.88. The first-order chi connectivity index (χ1) is 8.24. The highest BCUT2D eigenvalue weighted by molar-refractivity contribution is 4.83. The summed E-state index contributed by atoms with van der Waals surface area (Å²) in [4.78, 5) is 0. The Morgan fingerprint density at radius 2 is 1.82 bits per heavy atom. The minimum atomic E-state index is 0.772. The van der Waals surface area contributed by atoms with E-state index in [2.05, 4.69) is 33.1 Å². The molecule has 3 unspecified atom stereocenters. The Labute approximate surface area is 109 Å². The van der Waals surface area contributed by atoms with E-state index in [1.165, 1.54) is 51.4 Å². The molecule has 1 heteroatoms. The molecular formula is C16H33N. The van der Waals surface area contributed by atoms with Crippen LogP contribution in [0.3, 0.4) is 0 Å². The first kappa shape index (κ1) is 15.0. The van der Waals surface area contributed by atoms with E-state index in [4.69, 9.17) is 0 Å². The largest absolute Gasteiger partial charge is 0.317 e. The van der Waals surface area contributed by atoms with Gasteiger partial charge in [0, 0.05) is 6.04 Å². The summed E-state index contributed by atoms with van der Waals surface area (Å²) in [7, 11) is 2.17. The molecule has 0 spiro atoms. The van der Waals surface area contributed by atoms with Crippen molar-refractivity contribution in [2.45, 2.75) is 78.2 Å². The maximum absolute atomic E-state index is 3.62. The third-order valence-electron chi connectivity index (χ3n) is 5.08. The van der Waals surface area contributed by atoms with Crippen LogP contribution in [0.25, 0.3) is 0 Å². The summed E-state index contributed by atoms with van der Waals surface area (Å²) in [6, 6.07) is 0.772. The van der Waals surface area contributed by atoms with Crippen molar-refractivity contribution in [1.29, 1.82) is 0 Å². The summed E-state index contributed by atoms with van der Waals surface area (Å²) in [5.41, 5.74) is 0. The zero-order valence-electron chi connectivity index (χ0n) is 12.5. The molecule has 0 aliphatic heterocycles. The molecule has 0 aromatic heterocycles. The van der Waals surface area contributed by atoms with Gasteiger partial charge in [-0.05, 0) is 44.1 Å². The normalized spacial score (nSPS) is 27.4. The third kappa shape index (κ3) is 4.62. The fraction of sp³-hybridized carbons (Fsp3) is 1.00. The molecule has 1 saturated carbocycles. The number of nitrogens with one attached hydrogen (secondary N) is 1. The SMILES string of the molecule is CCC1CCCC(C(CC(CC)CC)NC)C1. The van der Waals surface area contributed by atoms with E-state index >= 15 is 0 Å². The molecule has 0 radical (unpaired) electrons. The molecule has 0 bridgehead atoms. The first-order valence-electron chi connectivity index (χ1n) is 7.92. The van der Waals surface area contributed by atoms with Crippen molar-refractivity contribution < 1.29 is 0 Å². The van der Waals surface area contributed by atoms with Crippen LogP contribution in [-0.4, -0.2) is 13.1 Å². The zero-order valence-corrected chi connectivity index (χ0v) is 12.5. The lowest BCUT2D eigenvalue weighted by Gasteiger charge is -2.35. The van der Waals surface area contributed by atoms with E-state index in [1.54, 1.807) is 0 Å². The smallest absolute Gasteiger partial charge is 0.00950 e. The van der Waals surface area contributed by atoms with E-state index in [0.29, 0.717) is 0 Å². The van der Waals surface area contributed by atoms with Gasteiger partial charge in [-0.1, -0.05) is 52.9 Å². The Balaban J connectivity index is 2.48. The molecule has 1 N–H and O–H groups in total. The molecule has 1 aliphatic rings. The van der Waals surface area contributed by atoms with E-state index in [9.17, 15) is 0 Å². The first-order valence-corrected chi connectivity index (χ1v) is 7.92. The van der Waals surface area contributed by atoms with Crippen molar-refractivity contribution in [1.82, 2.24) is 5.32 Å². The highest BCUT2D eigenvalue weighted by Gasteiger charge is 2.27. The van der Waals surface area contributed by atoms with Crippen molar-refractivity contribution in [3.8, 4) is 0 Å². The minimum absolute atomic E-state index is 0.772. The van der Waals surface area contributed by atoms with Gasteiger partial charge in [-0.15, -0.1) is 0 Å². The fourth-order valence-corrected chi connectivity index (χ4v) is 3.60. The Hall–Kier alpha value is -0.0400. The van der Waals surface area contributed by atoms with Crippen molar-refractivity contribution >= 4 is 0 Å². The third-order valence-corrected chi connectivity index (χ3v) is 5.08. The van der Waals surface area contributed by atoms with E-state index in [1.807, 2.05) is 0 Å². The van der Waals surface area contributed by atoms with Crippen molar-refractivity contribution in [2.24, 2.45) is 17.8 Å². The molecule has 1 fully saturated rings. The number of rotatable bonds is 7. The molecule has 1 rings (SSSR count). The van der Waals surface area contributed by atoms with E-state index in [0.717, 1.165) is 23.8 Å². The van der Waals surface area contributed by atoms with Crippen LogP contribution in [0.4, 0.5) is 0 Å². The quantitative estimate of drug-likeness (QED) is 0.683. The van der Waals surface area contributed by atoms with Crippen LogP contribution < -0.4 is 5.32 Å². The maximum Gasteiger partial charge on any atom is 0.00950 e. The predicted molar refractivity (Wildman–Crippen MR) is 77.3 cm³/mol. The molecule has 0 heterocycles. The lowest BCUT2D eigenvalue weighted by Crippen LogP contribution is -2.38. The summed E-state index contributed by atoms with van der Waals surface area (Å²) in [5, 5.41) is 3.62. The van der Waals surface area contributed by atoms with Gasteiger partial charge in [0.05, 0.1) is 0 Å². The maximum atomic E-state index is 3.62. The molecule has 0 saturated heterocycles. The van der Waals surface area contributed by atoms with Gasteiger partial charge in [0.25, 0.3) is 0 Å². The lowest BCUT2D eigenvalue weighted by atomic mass is 9.74. The summed E-state index contributed by atoms with van der Waals surface area (Å²) in [6.45, 7) is 7.05. The van der Waals surface area contributed by atoms with Gasteiger partial charge < -0.3 is 5.32 Å². The summed E-state index contributed by atoms with van der Waals surface area (Å²) >= 11 is 0. The van der Waals surface area contributed by atoms with Crippen LogP contribution in [0.2, 0.25) is 0 Å². The van der Waals surface area contributed by atoms with Crippen LogP contribution in [0, 0.1) is 17.8 Å². The van der Waals surface area contributed by atoms with Gasteiger partial charge in [0.2, 0.25) is 0 Å². The molecule has 3 atom stereocenters. The molecule has 1 nitrogen and oxygen atoms in total. The predicted octanol–water partition coefficient (Wildman–Crippen LogP) is 4.62. The van der Waals surface area contributed by atoms with Crippen LogP contribution in [-0.2, 0) is 0 Å². The summed E-state index contributed by atoms with van der Waals surface area (Å²) in [6.07, 6.45) is 11.3. The van der Waals surface area contributed by atoms with E-state index in [-0.39, 0.29) is 0 Å². The highest BCUT2D eigenvalue weighted by Crippen LogP contribution is 2.35. The van der Waals surface area contributed by atoms with E-state index < -0.39 is 0 Å². The van der Waals surface area contributed by atoms with Crippen LogP contribution in [0.1, 0.15) is 72.1 Å². The minimum Gasteiger partial charge on any atom is -0.317 e. The molecule has 0 aromatic carbocycles. The van der Waals surface area contributed by atoms with Gasteiger partial charge >= 0.3 is 0 Å². The fourth-order valence-electron chi connectivity index (χ4n) is 3.60. The van der Waals surface area contributed by atoms with Crippen molar-refractivity contribution in [2.75, 3.05) is 7.05 Å². The molecule has 0 aromatic rings. The Kier molecular flexibility index (Phi) is 7.18. The van der Waals surface area contributed by atoms with Gasteiger partial charge in [0.15, 0.2) is 0 Å². The molecule has 0 amide bonds. The monoisotopic (exact) mass is 239 g/mol. The van der Waals surface area contributed by atoms with Gasteiger partial charge in [-0.3, -0.25) is 0 Å². The average molecular weight is 239 g/mol. The molecular weight excluding hydrogens is 206 g/mol. The van der Waals surface area contributed by atoms with Crippen LogP contribution in [0.15, 0.2) is 0 Å². The molecule has 1 aliphatic carbocycles. The Bertz CT molecular complexity index is 186. The number of hydrogen-bond acceptors (Lipinski definition) is 1.